The number of hydrogen-bond donors (Lipinski definition) is 2. The average Bonchev–Trinajstić information content (AvgIpc) is 2.22. The van der Waals surface area contributed by atoms with Gasteiger partial charge in [0, 0.05) is 6.54 Å². The van der Waals surface area contributed by atoms with Crippen molar-refractivity contribution in [1.82, 2.24) is 5.06 Å². The van der Waals surface area contributed by atoms with Crippen LogP contribution in [-0.4, -0.2) is 39.7 Å². The summed E-state index contributed by atoms with van der Waals surface area (Å²) < 4.78 is 0. The Kier molecular flexibility index (Phi) is 4.92. The fourth-order valence-corrected chi connectivity index (χ4v) is 2.18. The van der Waals surface area contributed by atoms with E-state index in [0.717, 1.165) is 19.3 Å². The second-order valence-electron chi connectivity index (χ2n) is 6.15. The second kappa shape index (κ2) is 5.88. The minimum Gasteiger partial charge on any atom is -0.481 e. The maximum atomic E-state index is 12.4. The number of carboxylic acids is 1. The van der Waals surface area contributed by atoms with Crippen molar-refractivity contribution in [2.45, 2.75) is 64.0 Å². The van der Waals surface area contributed by atoms with Crippen LogP contribution in [0.25, 0.3) is 0 Å². The highest BCUT2D eigenvalue weighted by molar-refractivity contribution is 5.89. The van der Waals surface area contributed by atoms with Gasteiger partial charge in [-0.2, -0.15) is 0 Å². The summed E-state index contributed by atoms with van der Waals surface area (Å²) in [6, 6.07) is 0. The molecule has 0 bridgehead atoms. The van der Waals surface area contributed by atoms with Gasteiger partial charge in [-0.05, 0) is 33.6 Å². The molecule has 19 heavy (non-hydrogen) atoms. The molecule has 0 aliphatic carbocycles. The lowest BCUT2D eigenvalue weighted by atomic mass is 9.87. The lowest BCUT2D eigenvalue weighted by molar-refractivity contribution is -0.233. The van der Waals surface area contributed by atoms with Gasteiger partial charge in [-0.15, -0.1) is 0 Å². The van der Waals surface area contributed by atoms with Crippen LogP contribution in [0.2, 0.25) is 0 Å². The first-order valence-electron chi connectivity index (χ1n) is 6.66. The van der Waals surface area contributed by atoms with E-state index in [4.69, 9.17) is 15.7 Å². The van der Waals surface area contributed by atoms with Crippen LogP contribution in [0.1, 0.15) is 52.9 Å². The zero-order valence-electron chi connectivity index (χ0n) is 11.9. The zero-order chi connectivity index (χ0) is 14.7. The molecule has 1 heterocycles. The summed E-state index contributed by atoms with van der Waals surface area (Å²) >= 11 is 0. The molecular formula is C13H24N2O4. The van der Waals surface area contributed by atoms with Gasteiger partial charge in [0.25, 0.3) is 5.91 Å². The van der Waals surface area contributed by atoms with Gasteiger partial charge in [0.05, 0.1) is 12.0 Å². The predicted molar refractivity (Wildman–Crippen MR) is 70.2 cm³/mol. The van der Waals surface area contributed by atoms with Crippen molar-refractivity contribution >= 4 is 11.9 Å². The second-order valence-corrected chi connectivity index (χ2v) is 6.15. The van der Waals surface area contributed by atoms with E-state index < -0.39 is 23.0 Å². The van der Waals surface area contributed by atoms with Gasteiger partial charge in [-0.25, -0.2) is 5.06 Å². The van der Waals surface area contributed by atoms with Crippen LogP contribution in [0, 0.1) is 0 Å². The summed E-state index contributed by atoms with van der Waals surface area (Å²) in [6.45, 7) is 5.98. The predicted octanol–water partition coefficient (Wildman–Crippen LogP) is 1.29. The van der Waals surface area contributed by atoms with Gasteiger partial charge in [0.1, 0.15) is 5.54 Å². The van der Waals surface area contributed by atoms with E-state index in [-0.39, 0.29) is 6.42 Å². The number of hydrogen-bond acceptors (Lipinski definition) is 4. The molecule has 1 saturated heterocycles. The van der Waals surface area contributed by atoms with Crippen LogP contribution in [0.15, 0.2) is 0 Å². The van der Waals surface area contributed by atoms with E-state index in [2.05, 4.69) is 0 Å². The molecule has 0 aromatic rings. The van der Waals surface area contributed by atoms with Gasteiger partial charge in [-0.3, -0.25) is 14.4 Å². The minimum absolute atomic E-state index is 0.365. The first-order chi connectivity index (χ1) is 8.64. The van der Waals surface area contributed by atoms with Crippen LogP contribution >= 0.6 is 0 Å². The highest BCUT2D eigenvalue weighted by Gasteiger charge is 2.41. The van der Waals surface area contributed by atoms with E-state index in [9.17, 15) is 9.59 Å². The fourth-order valence-electron chi connectivity index (χ4n) is 2.18. The Hall–Kier alpha value is -1.14. The number of amides is 1. The zero-order valence-corrected chi connectivity index (χ0v) is 11.9. The summed E-state index contributed by atoms with van der Waals surface area (Å²) in [5.41, 5.74) is 4.15. The lowest BCUT2D eigenvalue weighted by Gasteiger charge is -2.37. The smallest absolute Gasteiger partial charge is 0.305 e. The molecule has 0 spiro atoms. The number of hydroxylamine groups is 2. The van der Waals surface area contributed by atoms with Crippen molar-refractivity contribution in [2.24, 2.45) is 5.73 Å². The third-order valence-corrected chi connectivity index (χ3v) is 2.99. The number of carboxylic acid groups (broad SMARTS) is 1. The van der Waals surface area contributed by atoms with Crippen LogP contribution in [0.4, 0.5) is 0 Å². The summed E-state index contributed by atoms with van der Waals surface area (Å²) in [5, 5.41) is 10.2. The molecule has 0 aromatic carbocycles. The Morgan fingerprint density at radius 2 is 2.05 bits per heavy atom. The highest BCUT2D eigenvalue weighted by atomic mass is 16.7. The van der Waals surface area contributed by atoms with Crippen LogP contribution in [-0.2, 0) is 14.4 Å². The molecular weight excluding hydrogens is 248 g/mol. The number of carbonyl (C=O) groups excluding carboxylic acids is 1. The maximum Gasteiger partial charge on any atom is 0.305 e. The molecule has 0 radical (unpaired) electrons. The van der Waals surface area contributed by atoms with Crippen molar-refractivity contribution in [3.8, 4) is 0 Å². The number of aliphatic carboxylic acids is 1. The number of nitrogens with two attached hydrogens (primary N) is 1. The van der Waals surface area contributed by atoms with Crippen LogP contribution < -0.4 is 5.73 Å². The minimum atomic E-state index is -1.36. The summed E-state index contributed by atoms with van der Waals surface area (Å²) in [7, 11) is 0. The van der Waals surface area contributed by atoms with Gasteiger partial charge in [0.15, 0.2) is 0 Å². The molecule has 1 unspecified atom stereocenters. The Labute approximate surface area is 113 Å². The molecule has 1 atom stereocenters. The van der Waals surface area contributed by atoms with E-state index in [1.54, 1.807) is 0 Å². The number of nitrogens with zero attached hydrogens (tertiary/aromatic N) is 1. The molecule has 6 nitrogen and oxygen atoms in total. The SMILES string of the molecule is CC(C)(C)ON1CCCCCC(N)(CC(=O)O)C1=O. The molecule has 1 fully saturated rings. The van der Waals surface area contributed by atoms with Gasteiger partial charge in [-0.1, -0.05) is 12.8 Å². The van der Waals surface area contributed by atoms with E-state index in [1.807, 2.05) is 20.8 Å². The first kappa shape index (κ1) is 15.9. The Balaban J connectivity index is 2.91. The molecule has 110 valence electrons. The standard InChI is InChI=1S/C13H24N2O4/c1-12(2,3)19-15-8-6-4-5-7-13(14,11(15)18)9-10(16)17/h4-9,14H2,1-3H3,(H,16,17). The van der Waals surface area contributed by atoms with Crippen molar-refractivity contribution in [2.75, 3.05) is 6.54 Å². The van der Waals surface area contributed by atoms with Gasteiger partial charge < -0.3 is 10.8 Å². The summed E-state index contributed by atoms with van der Waals surface area (Å²) in [6.07, 6.45) is 2.53. The van der Waals surface area contributed by atoms with E-state index in [0.29, 0.717) is 13.0 Å². The highest BCUT2D eigenvalue weighted by Crippen LogP contribution is 2.25. The fraction of sp³-hybridized carbons (Fsp3) is 0.846. The van der Waals surface area contributed by atoms with Crippen molar-refractivity contribution in [3.63, 3.8) is 0 Å². The quantitative estimate of drug-likeness (QED) is 0.807. The Morgan fingerprint density at radius 1 is 1.42 bits per heavy atom. The third kappa shape index (κ3) is 4.80. The normalized spacial score (nSPS) is 25.9. The summed E-state index contributed by atoms with van der Waals surface area (Å²) in [5.74, 6) is -1.49. The average molecular weight is 272 g/mol. The van der Waals surface area contributed by atoms with E-state index in [1.165, 1.54) is 5.06 Å². The van der Waals surface area contributed by atoms with Crippen LogP contribution in [0.3, 0.4) is 0 Å². The van der Waals surface area contributed by atoms with E-state index >= 15 is 0 Å². The van der Waals surface area contributed by atoms with Crippen LogP contribution in [0.5, 0.6) is 0 Å². The first-order valence-corrected chi connectivity index (χ1v) is 6.66. The molecule has 1 rings (SSSR count). The monoisotopic (exact) mass is 272 g/mol. The summed E-state index contributed by atoms with van der Waals surface area (Å²) in [4.78, 5) is 29.0. The van der Waals surface area contributed by atoms with Gasteiger partial charge >= 0.3 is 5.97 Å². The Bertz CT molecular complexity index is 351. The molecule has 0 saturated carbocycles. The maximum absolute atomic E-state index is 12.4. The molecule has 0 aromatic heterocycles. The largest absolute Gasteiger partial charge is 0.481 e. The topological polar surface area (TPSA) is 92.9 Å². The molecule has 3 N–H and O–H groups in total. The third-order valence-electron chi connectivity index (χ3n) is 2.99. The van der Waals surface area contributed by atoms with Crippen molar-refractivity contribution in [3.05, 3.63) is 0 Å². The number of rotatable bonds is 3. The number of carbonyl (C=O) groups is 2. The van der Waals surface area contributed by atoms with Crippen molar-refractivity contribution in [1.29, 1.82) is 0 Å². The van der Waals surface area contributed by atoms with Crippen molar-refractivity contribution < 1.29 is 19.5 Å². The molecule has 1 amide bonds. The Morgan fingerprint density at radius 3 is 2.58 bits per heavy atom. The lowest BCUT2D eigenvalue weighted by Crippen LogP contribution is -2.58. The van der Waals surface area contributed by atoms with Gasteiger partial charge in [0.2, 0.25) is 0 Å². The molecule has 1 aliphatic heterocycles. The molecule has 6 heteroatoms. The molecule has 1 aliphatic rings.